The Labute approximate surface area is 194 Å². The molecule has 6 nitrogen and oxygen atoms in total. The van der Waals surface area contributed by atoms with Crippen LogP contribution in [0.4, 0.5) is 17.1 Å². The summed E-state index contributed by atoms with van der Waals surface area (Å²) in [4.78, 5) is 14.3. The van der Waals surface area contributed by atoms with Gasteiger partial charge < -0.3 is 15.5 Å². The van der Waals surface area contributed by atoms with Crippen LogP contribution in [0.25, 0.3) is 23.1 Å². The number of nitrogens with one attached hydrogen (secondary N) is 3. The van der Waals surface area contributed by atoms with Gasteiger partial charge in [0.25, 0.3) is 0 Å². The molecule has 0 saturated heterocycles. The first kappa shape index (κ1) is 22.3. The van der Waals surface area contributed by atoms with Crippen molar-refractivity contribution in [3.63, 3.8) is 0 Å². The SMILES string of the molecule is CN(C)CCCC(=O)Nc1cccc(Nc2ccc3c(/C=C/c4ccccc4)n[nH]c3c2)c1. The van der Waals surface area contributed by atoms with E-state index in [-0.39, 0.29) is 5.91 Å². The van der Waals surface area contributed by atoms with Crippen LogP contribution in [0.3, 0.4) is 0 Å². The monoisotopic (exact) mass is 439 g/mol. The molecule has 168 valence electrons. The number of carbonyl (C=O) groups excluding carboxylic acids is 1. The van der Waals surface area contributed by atoms with Crippen LogP contribution in [0.15, 0.2) is 72.8 Å². The number of H-pyrrole nitrogens is 1. The zero-order valence-electron chi connectivity index (χ0n) is 19.0. The van der Waals surface area contributed by atoms with Crippen molar-refractivity contribution in [2.45, 2.75) is 12.8 Å². The van der Waals surface area contributed by atoms with Crippen LogP contribution in [0.1, 0.15) is 24.1 Å². The molecular formula is C27H29N5O. The van der Waals surface area contributed by atoms with Gasteiger partial charge in [-0.15, -0.1) is 0 Å². The third kappa shape index (κ3) is 6.30. The van der Waals surface area contributed by atoms with Gasteiger partial charge in [-0.2, -0.15) is 5.10 Å². The molecule has 3 aromatic carbocycles. The predicted molar refractivity (Wildman–Crippen MR) is 138 cm³/mol. The summed E-state index contributed by atoms with van der Waals surface area (Å²) in [5.41, 5.74) is 5.63. The Hall–Kier alpha value is -3.90. The number of anilines is 3. The summed E-state index contributed by atoms with van der Waals surface area (Å²) in [6.07, 6.45) is 5.42. The summed E-state index contributed by atoms with van der Waals surface area (Å²) in [5, 5.41) is 15.0. The molecule has 0 aliphatic heterocycles. The molecule has 33 heavy (non-hydrogen) atoms. The second-order valence-corrected chi connectivity index (χ2v) is 8.27. The van der Waals surface area contributed by atoms with Crippen molar-refractivity contribution in [1.82, 2.24) is 15.1 Å². The number of hydrogen-bond donors (Lipinski definition) is 3. The van der Waals surface area contributed by atoms with Crippen molar-refractivity contribution >= 4 is 46.0 Å². The zero-order chi connectivity index (χ0) is 23.0. The van der Waals surface area contributed by atoms with Crippen molar-refractivity contribution in [2.75, 3.05) is 31.3 Å². The lowest BCUT2D eigenvalue weighted by Crippen LogP contribution is -2.17. The Morgan fingerprint density at radius 2 is 1.73 bits per heavy atom. The van der Waals surface area contributed by atoms with Crippen molar-refractivity contribution in [3.8, 4) is 0 Å². The van der Waals surface area contributed by atoms with Crippen LogP contribution in [0, 0.1) is 0 Å². The van der Waals surface area contributed by atoms with Gasteiger partial charge in [0.1, 0.15) is 0 Å². The fraction of sp³-hybridized carbons (Fsp3) is 0.185. The average Bonchev–Trinajstić information content (AvgIpc) is 3.20. The summed E-state index contributed by atoms with van der Waals surface area (Å²) >= 11 is 0. The largest absolute Gasteiger partial charge is 0.355 e. The van der Waals surface area contributed by atoms with Crippen LogP contribution >= 0.6 is 0 Å². The molecule has 0 aliphatic carbocycles. The van der Waals surface area contributed by atoms with Gasteiger partial charge in [-0.05, 0) is 75.1 Å². The van der Waals surface area contributed by atoms with Crippen LogP contribution in [-0.2, 0) is 4.79 Å². The van der Waals surface area contributed by atoms with Crippen LogP contribution in [-0.4, -0.2) is 41.6 Å². The fourth-order valence-corrected chi connectivity index (χ4v) is 3.61. The minimum Gasteiger partial charge on any atom is -0.355 e. The van der Waals surface area contributed by atoms with Gasteiger partial charge in [0.05, 0.1) is 11.2 Å². The normalized spacial score (nSPS) is 11.4. The van der Waals surface area contributed by atoms with E-state index in [0.717, 1.165) is 52.2 Å². The first-order valence-corrected chi connectivity index (χ1v) is 11.1. The van der Waals surface area contributed by atoms with E-state index < -0.39 is 0 Å². The van der Waals surface area contributed by atoms with E-state index in [1.807, 2.05) is 74.8 Å². The van der Waals surface area contributed by atoms with Gasteiger partial charge in [-0.3, -0.25) is 9.89 Å². The third-order valence-corrected chi connectivity index (χ3v) is 5.27. The topological polar surface area (TPSA) is 73.1 Å². The Bertz CT molecular complexity index is 1240. The van der Waals surface area contributed by atoms with E-state index >= 15 is 0 Å². The zero-order valence-corrected chi connectivity index (χ0v) is 19.0. The van der Waals surface area contributed by atoms with Crippen LogP contribution in [0.2, 0.25) is 0 Å². The minimum absolute atomic E-state index is 0.0315. The lowest BCUT2D eigenvalue weighted by molar-refractivity contribution is -0.116. The van der Waals surface area contributed by atoms with E-state index in [2.05, 4.69) is 50.0 Å². The summed E-state index contributed by atoms with van der Waals surface area (Å²) in [5.74, 6) is 0.0315. The van der Waals surface area contributed by atoms with E-state index in [1.54, 1.807) is 0 Å². The molecule has 0 unspecified atom stereocenters. The summed E-state index contributed by atoms with van der Waals surface area (Å²) in [6.45, 7) is 0.898. The standard InChI is InChI=1S/C27H29N5O/c1-32(2)17-7-12-27(33)29-22-11-6-10-21(18-22)28-23-14-15-24-25(30-31-26(24)19-23)16-13-20-8-4-3-5-9-20/h3-6,8-11,13-16,18-19,28H,7,12,17H2,1-2H3,(H,29,33)(H,30,31)/b16-13+. The molecule has 0 radical (unpaired) electrons. The number of benzene rings is 3. The third-order valence-electron chi connectivity index (χ3n) is 5.27. The van der Waals surface area contributed by atoms with Crippen molar-refractivity contribution in [2.24, 2.45) is 0 Å². The van der Waals surface area contributed by atoms with Crippen LogP contribution < -0.4 is 10.6 Å². The molecule has 1 amide bonds. The lowest BCUT2D eigenvalue weighted by atomic mass is 10.1. The summed E-state index contributed by atoms with van der Waals surface area (Å²) in [6, 6.07) is 24.0. The molecule has 0 bridgehead atoms. The van der Waals surface area contributed by atoms with Gasteiger partial charge in [-0.1, -0.05) is 42.5 Å². The second kappa shape index (κ2) is 10.6. The Balaban J connectivity index is 1.41. The molecule has 0 fully saturated rings. The molecule has 1 aromatic heterocycles. The summed E-state index contributed by atoms with van der Waals surface area (Å²) in [7, 11) is 4.02. The summed E-state index contributed by atoms with van der Waals surface area (Å²) < 4.78 is 0. The van der Waals surface area contributed by atoms with Gasteiger partial charge in [0, 0.05) is 28.9 Å². The molecule has 1 heterocycles. The molecule has 0 aliphatic rings. The maximum Gasteiger partial charge on any atom is 0.224 e. The van der Waals surface area contributed by atoms with E-state index in [0.29, 0.717) is 6.42 Å². The number of carbonyl (C=O) groups is 1. The van der Waals surface area contributed by atoms with E-state index in [4.69, 9.17) is 0 Å². The quantitative estimate of drug-likeness (QED) is 0.310. The Morgan fingerprint density at radius 3 is 2.55 bits per heavy atom. The Kier molecular flexibility index (Phi) is 7.17. The van der Waals surface area contributed by atoms with Crippen LogP contribution in [0.5, 0.6) is 0 Å². The van der Waals surface area contributed by atoms with Crippen molar-refractivity contribution in [3.05, 3.63) is 84.1 Å². The van der Waals surface area contributed by atoms with Crippen molar-refractivity contribution in [1.29, 1.82) is 0 Å². The van der Waals surface area contributed by atoms with Gasteiger partial charge in [-0.25, -0.2) is 0 Å². The smallest absolute Gasteiger partial charge is 0.224 e. The number of nitrogens with zero attached hydrogens (tertiary/aromatic N) is 2. The second-order valence-electron chi connectivity index (χ2n) is 8.27. The highest BCUT2D eigenvalue weighted by Crippen LogP contribution is 2.25. The van der Waals surface area contributed by atoms with Gasteiger partial charge in [0.15, 0.2) is 0 Å². The highest BCUT2D eigenvalue weighted by Gasteiger charge is 2.06. The first-order chi connectivity index (χ1) is 16.1. The first-order valence-electron chi connectivity index (χ1n) is 11.1. The Morgan fingerprint density at radius 1 is 0.939 bits per heavy atom. The number of fused-ring (bicyclic) bond motifs is 1. The van der Waals surface area contributed by atoms with Gasteiger partial charge >= 0.3 is 0 Å². The molecule has 6 heteroatoms. The number of aromatic amines is 1. The molecular weight excluding hydrogens is 410 g/mol. The molecule has 0 saturated carbocycles. The number of aromatic nitrogens is 2. The maximum atomic E-state index is 12.2. The maximum absolute atomic E-state index is 12.2. The molecule has 0 spiro atoms. The molecule has 4 rings (SSSR count). The number of rotatable bonds is 9. The minimum atomic E-state index is 0.0315. The molecule has 4 aromatic rings. The highest BCUT2D eigenvalue weighted by molar-refractivity contribution is 5.93. The van der Waals surface area contributed by atoms with E-state index in [9.17, 15) is 4.79 Å². The fourth-order valence-electron chi connectivity index (χ4n) is 3.61. The highest BCUT2D eigenvalue weighted by atomic mass is 16.1. The predicted octanol–water partition coefficient (Wildman–Crippen LogP) is 5.76. The lowest BCUT2D eigenvalue weighted by Gasteiger charge is -2.11. The van der Waals surface area contributed by atoms with Crippen molar-refractivity contribution < 1.29 is 4.79 Å². The number of amides is 1. The van der Waals surface area contributed by atoms with E-state index in [1.165, 1.54) is 0 Å². The average molecular weight is 440 g/mol. The van der Waals surface area contributed by atoms with Gasteiger partial charge in [0.2, 0.25) is 5.91 Å². The molecule has 0 atom stereocenters. The number of hydrogen-bond acceptors (Lipinski definition) is 4. The molecule has 3 N–H and O–H groups in total.